The van der Waals surface area contributed by atoms with Crippen LogP contribution in [-0.4, -0.2) is 12.4 Å². The van der Waals surface area contributed by atoms with Gasteiger partial charge in [-0.3, -0.25) is 4.79 Å². The number of ketones is 1. The normalized spacial score (nSPS) is 15.9. The van der Waals surface area contributed by atoms with Crippen molar-refractivity contribution in [2.75, 3.05) is 6.61 Å². The van der Waals surface area contributed by atoms with Crippen LogP contribution in [-0.2, 0) is 4.74 Å². The van der Waals surface area contributed by atoms with Crippen molar-refractivity contribution in [2.45, 2.75) is 12.8 Å². The van der Waals surface area contributed by atoms with Gasteiger partial charge in [0.15, 0.2) is 0 Å². The molecule has 2 nitrogen and oxygen atoms in total. The first-order valence-corrected chi connectivity index (χ1v) is 6.04. The SMILES string of the molecule is O=C(C1=COCCC1)c1sccc1Br. The van der Waals surface area contributed by atoms with Crippen molar-refractivity contribution in [3.05, 3.63) is 32.6 Å². The third-order valence-electron chi connectivity index (χ3n) is 2.05. The highest BCUT2D eigenvalue weighted by Crippen LogP contribution is 2.27. The number of ether oxygens (including phenoxy) is 1. The molecule has 2 heterocycles. The zero-order chi connectivity index (χ0) is 9.97. The van der Waals surface area contributed by atoms with Crippen LogP contribution in [0.3, 0.4) is 0 Å². The molecular formula is C10H9BrO2S. The standard InChI is InChI=1S/C10H9BrO2S/c11-8-3-5-14-10(8)9(12)7-2-1-4-13-6-7/h3,5-6H,1-2,4H2. The molecule has 0 spiro atoms. The van der Waals surface area contributed by atoms with Crippen LogP contribution in [0.5, 0.6) is 0 Å². The van der Waals surface area contributed by atoms with Crippen LogP contribution in [0.1, 0.15) is 22.5 Å². The molecule has 1 aliphatic heterocycles. The molecule has 2 rings (SSSR count). The minimum absolute atomic E-state index is 0.0894. The summed E-state index contributed by atoms with van der Waals surface area (Å²) in [7, 11) is 0. The highest BCUT2D eigenvalue weighted by Gasteiger charge is 2.18. The molecule has 0 saturated heterocycles. The molecule has 1 aromatic heterocycles. The van der Waals surface area contributed by atoms with Crippen LogP contribution < -0.4 is 0 Å². The molecule has 74 valence electrons. The fraction of sp³-hybridized carbons (Fsp3) is 0.300. The van der Waals surface area contributed by atoms with Gasteiger partial charge < -0.3 is 4.74 Å². The lowest BCUT2D eigenvalue weighted by Gasteiger charge is -2.11. The molecule has 0 aromatic carbocycles. The van der Waals surface area contributed by atoms with E-state index >= 15 is 0 Å². The van der Waals surface area contributed by atoms with Gasteiger partial charge in [-0.25, -0.2) is 0 Å². The Bertz CT molecular complexity index is 381. The second-order valence-corrected chi connectivity index (χ2v) is 4.81. The molecule has 0 radical (unpaired) electrons. The Morgan fingerprint density at radius 3 is 3.00 bits per heavy atom. The molecule has 0 unspecified atom stereocenters. The van der Waals surface area contributed by atoms with Gasteiger partial charge in [0.2, 0.25) is 5.78 Å². The lowest BCUT2D eigenvalue weighted by atomic mass is 10.1. The largest absolute Gasteiger partial charge is 0.501 e. The molecule has 0 saturated carbocycles. The van der Waals surface area contributed by atoms with E-state index < -0.39 is 0 Å². The predicted molar refractivity (Wildman–Crippen MR) is 59.6 cm³/mol. The van der Waals surface area contributed by atoms with Crippen molar-refractivity contribution in [1.29, 1.82) is 0 Å². The van der Waals surface area contributed by atoms with Crippen LogP contribution in [0.15, 0.2) is 27.8 Å². The number of hydrogen-bond donors (Lipinski definition) is 0. The molecule has 4 heteroatoms. The monoisotopic (exact) mass is 272 g/mol. The lowest BCUT2D eigenvalue weighted by Crippen LogP contribution is -2.08. The van der Waals surface area contributed by atoms with Crippen LogP contribution in [0.4, 0.5) is 0 Å². The summed E-state index contributed by atoms with van der Waals surface area (Å²) >= 11 is 4.81. The van der Waals surface area contributed by atoms with Crippen LogP contribution in [0, 0.1) is 0 Å². The van der Waals surface area contributed by atoms with E-state index in [4.69, 9.17) is 4.74 Å². The van der Waals surface area contributed by atoms with Crippen molar-refractivity contribution in [2.24, 2.45) is 0 Å². The zero-order valence-electron chi connectivity index (χ0n) is 7.46. The number of carbonyl (C=O) groups excluding carboxylic acids is 1. The number of carbonyl (C=O) groups is 1. The molecular weight excluding hydrogens is 264 g/mol. The third kappa shape index (κ3) is 1.91. The summed E-state index contributed by atoms with van der Waals surface area (Å²) in [5.74, 6) is 0.0894. The van der Waals surface area contributed by atoms with Gasteiger partial charge in [0.25, 0.3) is 0 Å². The maximum absolute atomic E-state index is 11.9. The van der Waals surface area contributed by atoms with E-state index in [1.54, 1.807) is 6.26 Å². The van der Waals surface area contributed by atoms with Crippen molar-refractivity contribution in [1.82, 2.24) is 0 Å². The number of Topliss-reactive ketones (excluding diaryl/α,β-unsaturated/α-hetero) is 1. The topological polar surface area (TPSA) is 26.3 Å². The van der Waals surface area contributed by atoms with Crippen molar-refractivity contribution in [3.8, 4) is 0 Å². The van der Waals surface area contributed by atoms with Gasteiger partial charge in [-0.2, -0.15) is 0 Å². The second-order valence-electron chi connectivity index (χ2n) is 3.04. The Kier molecular flexibility index (Phi) is 3.03. The smallest absolute Gasteiger partial charge is 0.203 e. The zero-order valence-corrected chi connectivity index (χ0v) is 9.86. The van der Waals surface area contributed by atoms with Gasteiger partial charge in [0, 0.05) is 10.0 Å². The van der Waals surface area contributed by atoms with Gasteiger partial charge in [-0.1, -0.05) is 0 Å². The minimum Gasteiger partial charge on any atom is -0.501 e. The average molecular weight is 273 g/mol. The van der Waals surface area contributed by atoms with E-state index in [-0.39, 0.29) is 5.78 Å². The molecule has 0 atom stereocenters. The van der Waals surface area contributed by atoms with Crippen molar-refractivity contribution < 1.29 is 9.53 Å². The molecule has 0 amide bonds. The molecule has 1 aromatic rings. The second kappa shape index (κ2) is 4.28. The summed E-state index contributed by atoms with van der Waals surface area (Å²) in [6, 6.07) is 1.89. The summed E-state index contributed by atoms with van der Waals surface area (Å²) in [6.45, 7) is 0.725. The number of allylic oxidation sites excluding steroid dienone is 1. The van der Waals surface area contributed by atoms with Crippen molar-refractivity contribution in [3.63, 3.8) is 0 Å². The molecule has 0 N–H and O–H groups in total. The maximum atomic E-state index is 11.9. The highest BCUT2D eigenvalue weighted by atomic mass is 79.9. The molecule has 1 aliphatic rings. The Hall–Kier alpha value is -0.610. The maximum Gasteiger partial charge on any atom is 0.203 e. The number of thiophene rings is 1. The Labute approximate surface area is 94.7 Å². The molecule has 0 aliphatic carbocycles. The van der Waals surface area contributed by atoms with Gasteiger partial charge >= 0.3 is 0 Å². The van der Waals surface area contributed by atoms with E-state index in [0.717, 1.165) is 34.4 Å². The van der Waals surface area contributed by atoms with Gasteiger partial charge in [0.1, 0.15) is 0 Å². The lowest BCUT2D eigenvalue weighted by molar-refractivity contribution is 0.101. The fourth-order valence-electron chi connectivity index (χ4n) is 1.33. The van der Waals surface area contributed by atoms with E-state index in [1.807, 2.05) is 11.4 Å². The molecule has 0 fully saturated rings. The Morgan fingerprint density at radius 2 is 2.43 bits per heavy atom. The van der Waals surface area contributed by atoms with Gasteiger partial charge in [-0.15, -0.1) is 11.3 Å². The van der Waals surface area contributed by atoms with Crippen molar-refractivity contribution >= 4 is 33.0 Å². The van der Waals surface area contributed by atoms with E-state index in [0.29, 0.717) is 0 Å². The summed E-state index contributed by atoms with van der Waals surface area (Å²) < 4.78 is 6.02. The summed E-state index contributed by atoms with van der Waals surface area (Å²) in [4.78, 5) is 12.7. The first kappa shape index (κ1) is 9.93. The van der Waals surface area contributed by atoms with Gasteiger partial charge in [-0.05, 0) is 40.2 Å². The Morgan fingerprint density at radius 1 is 1.57 bits per heavy atom. The highest BCUT2D eigenvalue weighted by molar-refractivity contribution is 9.10. The Balaban J connectivity index is 2.23. The summed E-state index contributed by atoms with van der Waals surface area (Å²) in [5, 5.41) is 1.90. The van der Waals surface area contributed by atoms with E-state index in [1.165, 1.54) is 11.3 Å². The molecule has 0 bridgehead atoms. The fourth-order valence-corrected chi connectivity index (χ4v) is 2.86. The average Bonchev–Trinajstić information content (AvgIpc) is 2.65. The van der Waals surface area contributed by atoms with Gasteiger partial charge in [0.05, 0.1) is 17.7 Å². The van der Waals surface area contributed by atoms with Crippen LogP contribution in [0.25, 0.3) is 0 Å². The molecule has 14 heavy (non-hydrogen) atoms. The first-order valence-electron chi connectivity index (χ1n) is 4.37. The third-order valence-corrected chi connectivity index (χ3v) is 3.89. The van der Waals surface area contributed by atoms with E-state index in [9.17, 15) is 4.79 Å². The summed E-state index contributed by atoms with van der Waals surface area (Å²) in [6.07, 6.45) is 3.35. The predicted octanol–water partition coefficient (Wildman–Crippen LogP) is 3.39. The van der Waals surface area contributed by atoms with E-state index in [2.05, 4.69) is 15.9 Å². The number of halogens is 1. The summed E-state index contributed by atoms with van der Waals surface area (Å²) in [5.41, 5.74) is 0.777. The van der Waals surface area contributed by atoms with Crippen LogP contribution in [0.2, 0.25) is 0 Å². The minimum atomic E-state index is 0.0894. The van der Waals surface area contributed by atoms with Crippen LogP contribution >= 0.6 is 27.3 Å². The number of rotatable bonds is 2. The number of hydrogen-bond acceptors (Lipinski definition) is 3. The first-order chi connectivity index (χ1) is 6.79. The quantitative estimate of drug-likeness (QED) is 0.772.